The largest absolute Gasteiger partial charge is 0.352 e. The molecule has 1 amide bonds. The predicted octanol–water partition coefficient (Wildman–Crippen LogP) is 2.66. The monoisotopic (exact) mass is 341 g/mol. The van der Waals surface area contributed by atoms with Crippen LogP contribution in [0.5, 0.6) is 0 Å². The molecule has 1 N–H and O–H groups in total. The minimum absolute atomic E-state index is 0.0188. The third-order valence-electron chi connectivity index (χ3n) is 4.62. The Kier molecular flexibility index (Phi) is 5.81. The first-order valence-electron chi connectivity index (χ1n) is 9.10. The van der Waals surface area contributed by atoms with Gasteiger partial charge in [-0.15, -0.1) is 0 Å². The maximum Gasteiger partial charge on any atom is 0.217 e. The summed E-state index contributed by atoms with van der Waals surface area (Å²) in [5, 5.41) is 7.24. The van der Waals surface area contributed by atoms with E-state index in [0.29, 0.717) is 12.6 Å². The average Bonchev–Trinajstić information content (AvgIpc) is 3.24. The van der Waals surface area contributed by atoms with Crippen LogP contribution in [-0.2, 0) is 24.4 Å². The number of likely N-dealkylation sites (tertiary alicyclic amines) is 1. The van der Waals surface area contributed by atoms with E-state index in [1.54, 1.807) is 0 Å². The van der Waals surface area contributed by atoms with Crippen molar-refractivity contribution in [3.63, 3.8) is 0 Å². The van der Waals surface area contributed by atoms with E-state index in [4.69, 9.17) is 0 Å². The number of hydrogen-bond donors (Lipinski definition) is 1. The minimum atomic E-state index is -0.0188. The molecule has 1 aliphatic heterocycles. The van der Waals surface area contributed by atoms with Gasteiger partial charge in [-0.3, -0.25) is 19.4 Å². The lowest BCUT2D eigenvalue weighted by Gasteiger charge is -2.23. The van der Waals surface area contributed by atoms with Crippen molar-refractivity contribution in [1.29, 1.82) is 0 Å². The van der Waals surface area contributed by atoms with Crippen LogP contribution in [0, 0.1) is 0 Å². The molecule has 0 aromatic carbocycles. The molecule has 0 unspecified atom stereocenters. The molecule has 3 heterocycles. The number of aryl methyl sites for hydroxylation is 1. The summed E-state index contributed by atoms with van der Waals surface area (Å²) in [6, 6.07) is 4.53. The van der Waals surface area contributed by atoms with E-state index in [-0.39, 0.29) is 5.91 Å². The molecule has 0 aliphatic carbocycles. The van der Waals surface area contributed by atoms with Gasteiger partial charge in [0.25, 0.3) is 0 Å². The van der Waals surface area contributed by atoms with Gasteiger partial charge in [-0.1, -0.05) is 13.0 Å². The highest BCUT2D eigenvalue weighted by molar-refractivity contribution is 5.72. The zero-order valence-electron chi connectivity index (χ0n) is 15.1. The number of carbonyl (C=O) groups excluding carboxylic acids is 1. The van der Waals surface area contributed by atoms with Crippen molar-refractivity contribution in [3.05, 3.63) is 47.5 Å². The Morgan fingerprint density at radius 3 is 2.92 bits per heavy atom. The van der Waals surface area contributed by atoms with Gasteiger partial charge in [-0.2, -0.15) is 5.10 Å². The molecule has 25 heavy (non-hydrogen) atoms. The molecule has 2 aromatic heterocycles. The number of carbonyl (C=O) groups is 1. The fraction of sp³-hybridized carbons (Fsp3) is 0.526. The van der Waals surface area contributed by atoms with Gasteiger partial charge in [0.15, 0.2) is 0 Å². The van der Waals surface area contributed by atoms with Crippen LogP contribution in [0.25, 0.3) is 0 Å². The van der Waals surface area contributed by atoms with Crippen LogP contribution < -0.4 is 5.32 Å². The molecule has 0 radical (unpaired) electrons. The highest BCUT2D eigenvalue weighted by Crippen LogP contribution is 2.32. The number of pyridine rings is 1. The van der Waals surface area contributed by atoms with E-state index >= 15 is 0 Å². The lowest BCUT2D eigenvalue weighted by Crippen LogP contribution is -2.23. The number of amides is 1. The Hall–Kier alpha value is -2.21. The van der Waals surface area contributed by atoms with E-state index in [1.807, 2.05) is 17.1 Å². The maximum atomic E-state index is 11.0. The van der Waals surface area contributed by atoms with Gasteiger partial charge in [0.05, 0.1) is 17.9 Å². The Bertz CT molecular complexity index is 694. The van der Waals surface area contributed by atoms with Gasteiger partial charge >= 0.3 is 0 Å². The summed E-state index contributed by atoms with van der Waals surface area (Å²) in [5.41, 5.74) is 3.41. The molecule has 134 valence electrons. The summed E-state index contributed by atoms with van der Waals surface area (Å²) < 4.78 is 2.02. The van der Waals surface area contributed by atoms with Crippen LogP contribution in [-0.4, -0.2) is 32.1 Å². The molecule has 1 fully saturated rings. The Morgan fingerprint density at radius 1 is 1.32 bits per heavy atom. The van der Waals surface area contributed by atoms with Gasteiger partial charge in [-0.25, -0.2) is 0 Å². The second-order valence-electron chi connectivity index (χ2n) is 6.74. The minimum Gasteiger partial charge on any atom is -0.352 e. The van der Waals surface area contributed by atoms with E-state index in [0.717, 1.165) is 43.7 Å². The van der Waals surface area contributed by atoms with E-state index < -0.39 is 0 Å². The molecular weight excluding hydrogens is 314 g/mol. The van der Waals surface area contributed by atoms with Crippen molar-refractivity contribution < 1.29 is 4.79 Å². The van der Waals surface area contributed by atoms with Gasteiger partial charge in [0.2, 0.25) is 5.91 Å². The zero-order valence-corrected chi connectivity index (χ0v) is 15.1. The van der Waals surface area contributed by atoms with Crippen molar-refractivity contribution >= 4 is 5.91 Å². The highest BCUT2D eigenvalue weighted by Gasteiger charge is 2.27. The smallest absolute Gasteiger partial charge is 0.217 e. The molecule has 1 atom stereocenters. The quantitative estimate of drug-likeness (QED) is 0.841. The Morgan fingerprint density at radius 2 is 2.20 bits per heavy atom. The van der Waals surface area contributed by atoms with Crippen molar-refractivity contribution in [2.45, 2.75) is 58.8 Å². The first kappa shape index (κ1) is 17.6. The second-order valence-corrected chi connectivity index (χ2v) is 6.74. The number of hydrogen-bond acceptors (Lipinski definition) is 4. The summed E-state index contributed by atoms with van der Waals surface area (Å²) in [6.07, 6.45) is 9.45. The lowest BCUT2D eigenvalue weighted by molar-refractivity contribution is -0.119. The molecule has 0 bridgehead atoms. The number of nitrogens with one attached hydrogen (secondary N) is 1. The van der Waals surface area contributed by atoms with Crippen LogP contribution in [0.15, 0.2) is 30.7 Å². The number of nitrogens with zero attached hydrogens (tertiary/aromatic N) is 4. The van der Waals surface area contributed by atoms with Gasteiger partial charge < -0.3 is 5.32 Å². The molecule has 2 aromatic rings. The van der Waals surface area contributed by atoms with Crippen molar-refractivity contribution in [1.82, 2.24) is 25.0 Å². The summed E-state index contributed by atoms with van der Waals surface area (Å²) in [5.74, 6) is -0.0188. The molecule has 0 spiro atoms. The van der Waals surface area contributed by atoms with E-state index in [9.17, 15) is 4.79 Å². The van der Waals surface area contributed by atoms with Crippen molar-refractivity contribution in [2.24, 2.45) is 0 Å². The third-order valence-corrected chi connectivity index (χ3v) is 4.62. The fourth-order valence-electron chi connectivity index (χ4n) is 3.39. The fourth-order valence-corrected chi connectivity index (χ4v) is 3.39. The first-order valence-corrected chi connectivity index (χ1v) is 9.10. The Labute approximate surface area is 149 Å². The van der Waals surface area contributed by atoms with Crippen LogP contribution >= 0.6 is 0 Å². The van der Waals surface area contributed by atoms with E-state index in [1.165, 1.54) is 18.9 Å². The summed E-state index contributed by atoms with van der Waals surface area (Å²) >= 11 is 0. The van der Waals surface area contributed by atoms with Crippen LogP contribution in [0.4, 0.5) is 0 Å². The summed E-state index contributed by atoms with van der Waals surface area (Å²) in [7, 11) is 0. The topological polar surface area (TPSA) is 63.0 Å². The van der Waals surface area contributed by atoms with Crippen LogP contribution in [0.2, 0.25) is 0 Å². The molecule has 1 saturated heterocycles. The van der Waals surface area contributed by atoms with Crippen LogP contribution in [0.1, 0.15) is 56.0 Å². The zero-order chi connectivity index (χ0) is 17.6. The third kappa shape index (κ3) is 4.66. The molecule has 0 saturated carbocycles. The van der Waals surface area contributed by atoms with Crippen LogP contribution in [0.3, 0.4) is 0 Å². The van der Waals surface area contributed by atoms with Gasteiger partial charge in [-0.05, 0) is 37.4 Å². The van der Waals surface area contributed by atoms with Gasteiger partial charge in [0.1, 0.15) is 0 Å². The lowest BCUT2D eigenvalue weighted by atomic mass is 10.1. The summed E-state index contributed by atoms with van der Waals surface area (Å²) in [4.78, 5) is 18.1. The maximum absolute atomic E-state index is 11.0. The molecule has 3 rings (SSSR count). The SMILES string of the molecule is CCCn1cc(CN2CCC[C@H]2c2ccc(CNC(C)=O)cn2)cn1. The standard InChI is InChI=1S/C19H27N5O/c1-3-8-24-14-17(12-22-24)13-23-9-4-5-19(23)18-7-6-16(11-21-18)10-20-15(2)25/h6-7,11-12,14,19H,3-5,8-10,13H2,1-2H3,(H,20,25)/t19-/m0/s1. The molecule has 6 nitrogen and oxygen atoms in total. The first-order chi connectivity index (χ1) is 12.2. The number of rotatable bonds is 7. The highest BCUT2D eigenvalue weighted by atomic mass is 16.1. The molecular formula is C19H27N5O. The summed E-state index contributed by atoms with van der Waals surface area (Å²) in [6.45, 7) is 7.22. The Balaban J connectivity index is 1.63. The van der Waals surface area contributed by atoms with Gasteiger partial charge in [0, 0.05) is 44.5 Å². The normalized spacial score (nSPS) is 17.8. The predicted molar refractivity (Wildman–Crippen MR) is 96.7 cm³/mol. The van der Waals surface area contributed by atoms with Crippen molar-refractivity contribution in [3.8, 4) is 0 Å². The number of aromatic nitrogens is 3. The van der Waals surface area contributed by atoms with Crippen molar-refractivity contribution in [2.75, 3.05) is 6.54 Å². The molecule has 1 aliphatic rings. The second kappa shape index (κ2) is 8.25. The van der Waals surface area contributed by atoms with E-state index in [2.05, 4.69) is 45.6 Å². The molecule has 6 heteroatoms. The average molecular weight is 341 g/mol.